The van der Waals surface area contributed by atoms with Gasteiger partial charge in [-0.2, -0.15) is 0 Å². The average Bonchev–Trinajstić information content (AvgIpc) is 2.67. The third-order valence-electron chi connectivity index (χ3n) is 5.00. The highest BCUT2D eigenvalue weighted by Crippen LogP contribution is 2.21. The van der Waals surface area contributed by atoms with Crippen molar-refractivity contribution in [2.75, 3.05) is 6.54 Å². The van der Waals surface area contributed by atoms with Crippen molar-refractivity contribution in [2.45, 2.75) is 62.2 Å². The third-order valence-corrected chi connectivity index (χ3v) is 6.32. The van der Waals surface area contributed by atoms with Gasteiger partial charge in [-0.3, -0.25) is 14.9 Å². The smallest absolute Gasteiger partial charge is 0.223 e. The molecule has 28 heavy (non-hydrogen) atoms. The number of carbonyl (C=O) groups excluding carboxylic acids is 2. The minimum atomic E-state index is -0.203. The molecule has 1 aromatic rings. The second kappa shape index (κ2) is 10.9. The lowest BCUT2D eigenvalue weighted by atomic mass is 9.97. The maximum atomic E-state index is 12.3. The van der Waals surface area contributed by atoms with E-state index < -0.39 is 0 Å². The molecule has 1 aliphatic carbocycles. The van der Waals surface area contributed by atoms with Gasteiger partial charge in [-0.15, -0.1) is 11.8 Å². The van der Waals surface area contributed by atoms with Crippen LogP contribution in [0.3, 0.4) is 0 Å². The van der Waals surface area contributed by atoms with Crippen molar-refractivity contribution in [1.29, 1.82) is 0 Å². The number of hydrogen-bond acceptors (Lipinski definition) is 4. The summed E-state index contributed by atoms with van der Waals surface area (Å²) < 4.78 is 0. The van der Waals surface area contributed by atoms with E-state index in [1.807, 2.05) is 24.3 Å². The van der Waals surface area contributed by atoms with Gasteiger partial charge in [0.25, 0.3) is 0 Å². The monoisotopic (exact) mass is 421 g/mol. The molecule has 3 N–H and O–H groups in total. The summed E-state index contributed by atoms with van der Waals surface area (Å²) in [5.74, 6) is 0.710. The Morgan fingerprint density at radius 3 is 3.00 bits per heavy atom. The van der Waals surface area contributed by atoms with Crippen LogP contribution in [0.5, 0.6) is 0 Å². The van der Waals surface area contributed by atoms with E-state index in [4.69, 9.17) is 11.6 Å². The van der Waals surface area contributed by atoms with Crippen molar-refractivity contribution < 1.29 is 9.59 Å². The number of halogens is 1. The van der Waals surface area contributed by atoms with E-state index in [-0.39, 0.29) is 23.4 Å². The van der Waals surface area contributed by atoms with E-state index in [1.54, 1.807) is 11.8 Å². The summed E-state index contributed by atoms with van der Waals surface area (Å²) in [6.45, 7) is 0.677. The molecule has 2 amide bonds. The predicted octanol–water partition coefficient (Wildman–Crippen LogP) is 3.73. The van der Waals surface area contributed by atoms with E-state index in [0.717, 1.165) is 24.2 Å². The Kier molecular flexibility index (Phi) is 8.25. The fourth-order valence-electron chi connectivity index (χ4n) is 3.56. The lowest BCUT2D eigenvalue weighted by Gasteiger charge is -2.31. The average molecular weight is 422 g/mol. The van der Waals surface area contributed by atoms with Gasteiger partial charge in [0.15, 0.2) is 0 Å². The molecule has 1 fully saturated rings. The first-order valence-corrected chi connectivity index (χ1v) is 11.4. The minimum absolute atomic E-state index is 0.00204. The lowest BCUT2D eigenvalue weighted by molar-refractivity contribution is -0.125. The summed E-state index contributed by atoms with van der Waals surface area (Å²) in [5.41, 5.74) is 2.36. The minimum Gasteiger partial charge on any atom is -0.356 e. The highest BCUT2D eigenvalue weighted by Gasteiger charge is 2.27. The molecule has 1 aromatic carbocycles. The molecule has 5 nitrogen and oxygen atoms in total. The predicted molar refractivity (Wildman–Crippen MR) is 115 cm³/mol. The molecular formula is C21H28ClN3O2S. The zero-order chi connectivity index (χ0) is 19.8. The van der Waals surface area contributed by atoms with Gasteiger partial charge in [0.05, 0.1) is 0 Å². The van der Waals surface area contributed by atoms with Crippen molar-refractivity contribution in [3.8, 4) is 0 Å². The Hall–Kier alpha value is -1.50. The molecule has 2 unspecified atom stereocenters. The Balaban J connectivity index is 1.40. The van der Waals surface area contributed by atoms with Crippen molar-refractivity contribution in [3.05, 3.63) is 46.5 Å². The van der Waals surface area contributed by atoms with E-state index in [9.17, 15) is 9.59 Å². The second-order valence-electron chi connectivity index (χ2n) is 7.37. The van der Waals surface area contributed by atoms with Crippen LogP contribution >= 0.6 is 23.4 Å². The Morgan fingerprint density at radius 1 is 1.32 bits per heavy atom. The van der Waals surface area contributed by atoms with Gasteiger partial charge < -0.3 is 10.6 Å². The number of rotatable bonds is 8. The topological polar surface area (TPSA) is 70.2 Å². The number of nitrogens with one attached hydrogen (secondary N) is 3. The van der Waals surface area contributed by atoms with Gasteiger partial charge in [-0.25, -0.2) is 0 Å². The van der Waals surface area contributed by atoms with Gasteiger partial charge in [-0.1, -0.05) is 35.4 Å². The zero-order valence-electron chi connectivity index (χ0n) is 16.0. The highest BCUT2D eigenvalue weighted by molar-refractivity contribution is 7.99. The van der Waals surface area contributed by atoms with Crippen LogP contribution in [-0.4, -0.2) is 29.9 Å². The Labute approximate surface area is 176 Å². The van der Waals surface area contributed by atoms with Crippen LogP contribution in [0, 0.1) is 0 Å². The lowest BCUT2D eigenvalue weighted by Crippen LogP contribution is -2.55. The van der Waals surface area contributed by atoms with Crippen LogP contribution < -0.4 is 16.0 Å². The maximum Gasteiger partial charge on any atom is 0.223 e. The van der Waals surface area contributed by atoms with Crippen LogP contribution in [0.1, 0.15) is 50.5 Å². The summed E-state index contributed by atoms with van der Waals surface area (Å²) in [6, 6.07) is 7.55. The largest absolute Gasteiger partial charge is 0.356 e. The molecule has 1 aliphatic heterocycles. The molecule has 152 valence electrons. The quantitative estimate of drug-likeness (QED) is 0.559. The molecule has 0 bridgehead atoms. The number of hydrogen-bond donors (Lipinski definition) is 3. The van der Waals surface area contributed by atoms with Crippen LogP contribution in [0.15, 0.2) is 35.9 Å². The van der Waals surface area contributed by atoms with Crippen molar-refractivity contribution in [1.82, 2.24) is 16.0 Å². The SMILES string of the molecule is O=C(CC1CC(=O)NC(SCc2cccc(Cl)c2)N1)NCCC1=CCCCC1. The maximum absolute atomic E-state index is 12.3. The zero-order valence-corrected chi connectivity index (χ0v) is 17.6. The molecule has 1 heterocycles. The fraction of sp³-hybridized carbons (Fsp3) is 0.524. The van der Waals surface area contributed by atoms with E-state index in [2.05, 4.69) is 22.0 Å². The van der Waals surface area contributed by atoms with E-state index in [1.165, 1.54) is 24.8 Å². The van der Waals surface area contributed by atoms with Crippen LogP contribution in [0.4, 0.5) is 0 Å². The molecular weight excluding hydrogens is 394 g/mol. The second-order valence-corrected chi connectivity index (χ2v) is 8.90. The van der Waals surface area contributed by atoms with Gasteiger partial charge in [-0.05, 0) is 49.8 Å². The van der Waals surface area contributed by atoms with Crippen molar-refractivity contribution >= 4 is 35.2 Å². The summed E-state index contributed by atoms with van der Waals surface area (Å²) >= 11 is 7.61. The normalized spacial score (nSPS) is 22.3. The van der Waals surface area contributed by atoms with Crippen LogP contribution in [-0.2, 0) is 15.3 Å². The first-order valence-electron chi connectivity index (χ1n) is 9.94. The summed E-state index contributed by atoms with van der Waals surface area (Å²) in [5, 5.41) is 10.0. The van der Waals surface area contributed by atoms with Gasteiger partial charge in [0, 0.05) is 36.2 Å². The molecule has 1 saturated heterocycles. The number of allylic oxidation sites excluding steroid dienone is 1. The number of amides is 2. The van der Waals surface area contributed by atoms with Crippen LogP contribution in [0.2, 0.25) is 5.02 Å². The number of benzene rings is 1. The number of carbonyl (C=O) groups is 2. The molecule has 0 saturated carbocycles. The van der Waals surface area contributed by atoms with Crippen LogP contribution in [0.25, 0.3) is 0 Å². The van der Waals surface area contributed by atoms with Gasteiger partial charge in [0.2, 0.25) is 11.8 Å². The Morgan fingerprint density at radius 2 is 2.21 bits per heavy atom. The molecule has 0 radical (unpaired) electrons. The van der Waals surface area contributed by atoms with Gasteiger partial charge in [0.1, 0.15) is 5.50 Å². The van der Waals surface area contributed by atoms with Gasteiger partial charge >= 0.3 is 0 Å². The summed E-state index contributed by atoms with van der Waals surface area (Å²) in [6.07, 6.45) is 8.75. The summed E-state index contributed by atoms with van der Waals surface area (Å²) in [7, 11) is 0. The molecule has 0 spiro atoms. The molecule has 7 heteroatoms. The first kappa shape index (κ1) is 21.2. The molecule has 2 atom stereocenters. The molecule has 3 rings (SSSR count). The molecule has 0 aromatic heterocycles. The standard InChI is InChI=1S/C21H28ClN3O2S/c22-17-8-4-7-16(11-17)14-28-21-24-18(13-20(27)25-21)12-19(26)23-10-9-15-5-2-1-3-6-15/h4-5,7-8,11,18,21,24H,1-3,6,9-10,12-14H2,(H,23,26)(H,25,27). The van der Waals surface area contributed by atoms with Crippen molar-refractivity contribution in [2.24, 2.45) is 0 Å². The fourth-order valence-corrected chi connectivity index (χ4v) is 4.82. The van der Waals surface area contributed by atoms with E-state index >= 15 is 0 Å². The first-order chi connectivity index (χ1) is 13.6. The molecule has 2 aliphatic rings. The highest BCUT2D eigenvalue weighted by atomic mass is 35.5. The van der Waals surface area contributed by atoms with Crippen molar-refractivity contribution in [3.63, 3.8) is 0 Å². The third kappa shape index (κ3) is 7.15. The van der Waals surface area contributed by atoms with E-state index in [0.29, 0.717) is 24.4 Å². The number of thioether (sulfide) groups is 1. The summed E-state index contributed by atoms with van der Waals surface area (Å²) in [4.78, 5) is 24.3. The Bertz CT molecular complexity index is 725.